The summed E-state index contributed by atoms with van der Waals surface area (Å²) < 4.78 is 2.41. The van der Waals surface area contributed by atoms with Crippen molar-refractivity contribution in [1.82, 2.24) is 4.57 Å². The molecule has 3 aliphatic rings. The van der Waals surface area contributed by atoms with Gasteiger partial charge in [-0.1, -0.05) is 156 Å². The number of hydrogen-bond acceptors (Lipinski definition) is 1. The zero-order valence-electron chi connectivity index (χ0n) is 34.8. The molecule has 0 N–H and O–H groups in total. The molecule has 0 radical (unpaired) electrons. The van der Waals surface area contributed by atoms with Crippen LogP contribution >= 0.6 is 0 Å². The molecule has 3 aliphatic heterocycles. The van der Waals surface area contributed by atoms with Gasteiger partial charge >= 0.3 is 0 Å². The fourth-order valence-corrected chi connectivity index (χ4v) is 10.3. The molecule has 6 aromatic carbocycles. The van der Waals surface area contributed by atoms with Crippen molar-refractivity contribution in [3.63, 3.8) is 0 Å². The summed E-state index contributed by atoms with van der Waals surface area (Å²) in [5.41, 5.74) is 21.3. The lowest BCUT2D eigenvalue weighted by molar-refractivity contribution is 0.542. The first-order valence-corrected chi connectivity index (χ1v) is 20.3. The van der Waals surface area contributed by atoms with Crippen molar-refractivity contribution < 1.29 is 0 Å². The van der Waals surface area contributed by atoms with Gasteiger partial charge in [-0.25, -0.2) is 0 Å². The van der Waals surface area contributed by atoms with Gasteiger partial charge in [-0.2, -0.15) is 0 Å². The summed E-state index contributed by atoms with van der Waals surface area (Å²) in [6.07, 6.45) is 0. The van der Waals surface area contributed by atoms with E-state index in [0.717, 1.165) is 0 Å². The van der Waals surface area contributed by atoms with Crippen molar-refractivity contribution in [2.24, 2.45) is 0 Å². The number of hydrogen-bond donors (Lipinski definition) is 0. The number of para-hydroxylation sites is 2. The molecular formula is C53H54N2. The Morgan fingerprint density at radius 1 is 0.400 bits per heavy atom. The predicted molar refractivity (Wildman–Crippen MR) is 235 cm³/mol. The van der Waals surface area contributed by atoms with Crippen molar-refractivity contribution in [2.75, 3.05) is 4.90 Å². The fourth-order valence-electron chi connectivity index (χ4n) is 10.3. The maximum atomic E-state index is 2.72. The predicted octanol–water partition coefficient (Wildman–Crippen LogP) is 14.4. The van der Waals surface area contributed by atoms with Gasteiger partial charge in [0.15, 0.2) is 0 Å². The van der Waals surface area contributed by atoms with Crippen LogP contribution in [0.3, 0.4) is 0 Å². The van der Waals surface area contributed by atoms with E-state index >= 15 is 0 Å². The van der Waals surface area contributed by atoms with Crippen LogP contribution in [-0.2, 0) is 27.1 Å². The highest BCUT2D eigenvalue weighted by atomic mass is 15.2. The van der Waals surface area contributed by atoms with E-state index in [1.165, 1.54) is 100 Å². The molecular weight excluding hydrogens is 665 g/mol. The molecule has 0 atom stereocenters. The highest BCUT2D eigenvalue weighted by molar-refractivity contribution is 6.09. The minimum Gasteiger partial charge on any atom is -0.309 e. The zero-order valence-corrected chi connectivity index (χ0v) is 34.8. The summed E-state index contributed by atoms with van der Waals surface area (Å²) in [7, 11) is 0. The first kappa shape index (κ1) is 34.4. The molecule has 1 aromatic heterocycles. The Morgan fingerprint density at radius 2 is 0.745 bits per heavy atom. The molecule has 0 aliphatic carbocycles. The van der Waals surface area contributed by atoms with Crippen molar-refractivity contribution in [2.45, 2.75) is 110 Å². The second-order valence-electron chi connectivity index (χ2n) is 20.4. The summed E-state index contributed by atoms with van der Waals surface area (Å²) >= 11 is 0. The third kappa shape index (κ3) is 4.49. The molecule has 0 spiro atoms. The van der Waals surface area contributed by atoms with Gasteiger partial charge in [0.05, 0.1) is 28.1 Å². The number of aromatic nitrogens is 1. The van der Waals surface area contributed by atoms with Crippen LogP contribution in [0.5, 0.6) is 0 Å². The van der Waals surface area contributed by atoms with Crippen LogP contribution < -0.4 is 4.90 Å². The molecule has 10 rings (SSSR count). The number of benzene rings is 6. The van der Waals surface area contributed by atoms with E-state index in [0.29, 0.717) is 0 Å². The molecule has 55 heavy (non-hydrogen) atoms. The molecule has 2 heteroatoms. The third-order valence-corrected chi connectivity index (χ3v) is 13.8. The topological polar surface area (TPSA) is 8.17 Å². The Balaban J connectivity index is 1.24. The summed E-state index contributed by atoms with van der Waals surface area (Å²) in [5, 5.41) is 2.58. The number of fused-ring (bicyclic) bond motifs is 3. The van der Waals surface area contributed by atoms with Crippen LogP contribution in [0.15, 0.2) is 109 Å². The Kier molecular flexibility index (Phi) is 6.64. The van der Waals surface area contributed by atoms with Crippen LogP contribution in [0.4, 0.5) is 17.1 Å². The Hall–Kier alpha value is -5.08. The van der Waals surface area contributed by atoms with Crippen LogP contribution in [0, 0.1) is 0 Å². The molecule has 276 valence electrons. The highest BCUT2D eigenvalue weighted by Gasteiger charge is 2.52. The molecule has 0 saturated carbocycles. The Morgan fingerprint density at radius 3 is 1.11 bits per heavy atom. The Bertz CT molecular complexity index is 2620. The first-order chi connectivity index (χ1) is 25.8. The summed E-state index contributed by atoms with van der Waals surface area (Å²) in [4.78, 5) is 2.72. The minimum atomic E-state index is -0.211. The van der Waals surface area contributed by atoms with E-state index in [1.807, 2.05) is 0 Å². The number of nitrogens with zero attached hydrogens (tertiary/aromatic N) is 2. The SMILES string of the molecule is CC(C)(C)c1cc2c3c(c1)C(C)(C)c1cc(C(C)(C)C)cc4c1N3c1c(cc(-c3ccc(-n5c6ccccc6c6ccccc65)cc3)cc1C4(C)C)C2(C)C. The number of anilines is 3. The minimum absolute atomic E-state index is 0.0195. The van der Waals surface area contributed by atoms with Crippen LogP contribution in [0.1, 0.15) is 128 Å². The van der Waals surface area contributed by atoms with E-state index in [2.05, 4.69) is 202 Å². The van der Waals surface area contributed by atoms with Crippen molar-refractivity contribution >= 4 is 38.9 Å². The van der Waals surface area contributed by atoms with Gasteiger partial charge in [-0.3, -0.25) is 0 Å². The highest BCUT2D eigenvalue weighted by Crippen LogP contribution is 2.67. The molecule has 4 heterocycles. The lowest BCUT2D eigenvalue weighted by Crippen LogP contribution is -2.44. The monoisotopic (exact) mass is 718 g/mol. The molecule has 0 amide bonds. The third-order valence-electron chi connectivity index (χ3n) is 13.8. The molecule has 0 fully saturated rings. The van der Waals surface area contributed by atoms with Gasteiger partial charge in [0, 0.05) is 32.7 Å². The van der Waals surface area contributed by atoms with E-state index < -0.39 is 0 Å². The smallest absolute Gasteiger partial charge is 0.0544 e. The zero-order chi connectivity index (χ0) is 38.8. The maximum absolute atomic E-state index is 2.72. The molecule has 0 bridgehead atoms. The quantitative estimate of drug-likeness (QED) is 0.173. The molecule has 7 aromatic rings. The van der Waals surface area contributed by atoms with Gasteiger partial charge in [0.25, 0.3) is 0 Å². The van der Waals surface area contributed by atoms with E-state index in [-0.39, 0.29) is 27.1 Å². The normalized spacial score (nSPS) is 17.1. The van der Waals surface area contributed by atoms with E-state index in [4.69, 9.17) is 0 Å². The lowest BCUT2D eigenvalue weighted by atomic mass is 9.59. The standard InChI is InChI=1S/C53H54N2/c1-49(2,3)33-27-40-47-42(29-33)53(11,12)43-30-34(50(4,5)6)28-41-48(43)55(47)46-38(51(40,7)8)25-32(26-39(46)52(41,9)10)31-21-23-35(24-22-31)54-44-19-15-13-17-36(44)37-18-14-16-20-45(37)54/h13-30H,1-12H3. The molecule has 2 nitrogen and oxygen atoms in total. The average molecular weight is 719 g/mol. The largest absolute Gasteiger partial charge is 0.309 e. The van der Waals surface area contributed by atoms with E-state index in [1.54, 1.807) is 0 Å². The summed E-state index contributed by atoms with van der Waals surface area (Å²) in [5.74, 6) is 0. The Labute approximate surface area is 327 Å². The maximum Gasteiger partial charge on any atom is 0.0544 e. The molecule has 0 saturated heterocycles. The van der Waals surface area contributed by atoms with Crippen LogP contribution in [0.2, 0.25) is 0 Å². The first-order valence-electron chi connectivity index (χ1n) is 20.3. The summed E-state index contributed by atoms with van der Waals surface area (Å²) in [6, 6.07) is 42.1. The van der Waals surface area contributed by atoms with Crippen LogP contribution in [-0.4, -0.2) is 4.57 Å². The van der Waals surface area contributed by atoms with Crippen LogP contribution in [0.25, 0.3) is 38.6 Å². The van der Waals surface area contributed by atoms with Gasteiger partial charge < -0.3 is 9.47 Å². The second kappa shape index (κ2) is 10.6. The average Bonchev–Trinajstić information content (AvgIpc) is 3.47. The van der Waals surface area contributed by atoms with Gasteiger partial charge in [0.1, 0.15) is 0 Å². The molecule has 0 unspecified atom stereocenters. The fraction of sp³-hybridized carbons (Fsp3) is 0.321. The van der Waals surface area contributed by atoms with Crippen molar-refractivity contribution in [1.29, 1.82) is 0 Å². The number of rotatable bonds is 2. The van der Waals surface area contributed by atoms with Gasteiger partial charge in [-0.15, -0.1) is 0 Å². The second-order valence-corrected chi connectivity index (χ2v) is 20.4. The summed E-state index contributed by atoms with van der Waals surface area (Å²) in [6.45, 7) is 29.1. The lowest BCUT2D eigenvalue weighted by Gasteiger charge is -2.55. The van der Waals surface area contributed by atoms with Crippen molar-refractivity contribution in [3.05, 3.63) is 154 Å². The van der Waals surface area contributed by atoms with Crippen molar-refractivity contribution in [3.8, 4) is 16.8 Å². The van der Waals surface area contributed by atoms with Gasteiger partial charge in [-0.05, 0) is 103 Å². The van der Waals surface area contributed by atoms with E-state index in [9.17, 15) is 0 Å². The van der Waals surface area contributed by atoms with Gasteiger partial charge in [0.2, 0.25) is 0 Å².